The van der Waals surface area contributed by atoms with Crippen LogP contribution in [0.5, 0.6) is 0 Å². The Labute approximate surface area is 38.2 Å². The zero-order chi connectivity index (χ0) is 4.99. The molecule has 2 nitrogen and oxygen atoms in total. The Kier molecular flexibility index (Phi) is 2.29. The fraction of sp³-hybridized carbons (Fsp3) is 0.500. The Balaban J connectivity index is 3.03. The van der Waals surface area contributed by atoms with Crippen molar-refractivity contribution in [3.05, 3.63) is 12.4 Å². The molecule has 6 heavy (non-hydrogen) atoms. The van der Waals surface area contributed by atoms with E-state index < -0.39 is 0 Å². The molecule has 0 aliphatic heterocycles. The molecule has 0 heterocycles. The van der Waals surface area contributed by atoms with Crippen molar-refractivity contribution in [2.45, 2.75) is 0 Å². The van der Waals surface area contributed by atoms with E-state index in [1.165, 1.54) is 6.20 Å². The molecule has 0 atom stereocenters. The Bertz CT molecular complexity index is 47.5. The van der Waals surface area contributed by atoms with Crippen molar-refractivity contribution in [2.75, 3.05) is 14.1 Å². The van der Waals surface area contributed by atoms with E-state index in [0.29, 0.717) is 0 Å². The molecule has 0 aromatic carbocycles. The Morgan fingerprint density at radius 3 is 2.00 bits per heavy atom. The summed E-state index contributed by atoms with van der Waals surface area (Å²) in [6.45, 7) is 0. The van der Waals surface area contributed by atoms with Gasteiger partial charge in [0.05, 0.1) is 0 Å². The monoisotopic (exact) mass is 86.1 g/mol. The van der Waals surface area contributed by atoms with Crippen molar-refractivity contribution in [1.29, 1.82) is 0 Å². The molecule has 0 spiro atoms. The number of nitrogens with two attached hydrogens (primary N) is 1. The zero-order valence-electron chi connectivity index (χ0n) is 4.18. The summed E-state index contributed by atoms with van der Waals surface area (Å²) in [4.78, 5) is 1.88. The minimum absolute atomic E-state index is 1.50. The van der Waals surface area contributed by atoms with Crippen LogP contribution in [0.2, 0.25) is 0 Å². The molecule has 0 radical (unpaired) electrons. The molecule has 0 unspecified atom stereocenters. The van der Waals surface area contributed by atoms with Crippen molar-refractivity contribution in [2.24, 2.45) is 5.73 Å². The van der Waals surface area contributed by atoms with Gasteiger partial charge in [-0.2, -0.15) is 0 Å². The van der Waals surface area contributed by atoms with Gasteiger partial charge < -0.3 is 10.6 Å². The topological polar surface area (TPSA) is 29.3 Å². The van der Waals surface area contributed by atoms with Crippen molar-refractivity contribution in [3.8, 4) is 0 Å². The molecule has 0 aromatic rings. The first-order valence-corrected chi connectivity index (χ1v) is 1.82. The first kappa shape index (κ1) is 5.34. The van der Waals surface area contributed by atoms with Crippen molar-refractivity contribution < 1.29 is 0 Å². The minimum atomic E-state index is 1.50. The van der Waals surface area contributed by atoms with Gasteiger partial charge in [0.2, 0.25) is 0 Å². The van der Waals surface area contributed by atoms with Crippen LogP contribution in [0.25, 0.3) is 0 Å². The summed E-state index contributed by atoms with van der Waals surface area (Å²) >= 11 is 0. The maximum Gasteiger partial charge on any atom is 0.0143 e. The number of hydrogen-bond acceptors (Lipinski definition) is 2. The standard InChI is InChI=1S/C4H10N2/c1-6(2)4-3-5/h3-4H,5H2,1-2H3/b4-3-. The molecule has 0 saturated carbocycles. The van der Waals surface area contributed by atoms with Gasteiger partial charge in [-0.05, 0) is 0 Å². The van der Waals surface area contributed by atoms with Crippen molar-refractivity contribution in [3.63, 3.8) is 0 Å². The lowest BCUT2D eigenvalue weighted by Gasteiger charge is -1.99. The Hall–Kier alpha value is -0.660. The quantitative estimate of drug-likeness (QED) is 0.486. The van der Waals surface area contributed by atoms with Crippen LogP contribution >= 0.6 is 0 Å². The second-order valence-electron chi connectivity index (χ2n) is 1.31. The van der Waals surface area contributed by atoms with Gasteiger partial charge >= 0.3 is 0 Å². The maximum atomic E-state index is 5.01. The molecular weight excluding hydrogens is 76.1 g/mol. The fourth-order valence-corrected chi connectivity index (χ4v) is 0.172. The summed E-state index contributed by atoms with van der Waals surface area (Å²) in [6, 6.07) is 0. The van der Waals surface area contributed by atoms with E-state index in [1.807, 2.05) is 19.0 Å². The van der Waals surface area contributed by atoms with E-state index >= 15 is 0 Å². The average Bonchev–Trinajstić information content (AvgIpc) is 1.35. The summed E-state index contributed by atoms with van der Waals surface area (Å²) in [5.41, 5.74) is 5.01. The largest absolute Gasteiger partial charge is 0.403 e. The molecule has 0 aliphatic rings. The van der Waals surface area contributed by atoms with Crippen LogP contribution in [-0.4, -0.2) is 19.0 Å². The third-order valence-corrected chi connectivity index (χ3v) is 0.384. The predicted octanol–water partition coefficient (Wildman–Crippen LogP) is -0.0221. The van der Waals surface area contributed by atoms with Gasteiger partial charge in [0, 0.05) is 26.5 Å². The third-order valence-electron chi connectivity index (χ3n) is 0.384. The van der Waals surface area contributed by atoms with Gasteiger partial charge in [-0.1, -0.05) is 0 Å². The van der Waals surface area contributed by atoms with Crippen molar-refractivity contribution in [1.82, 2.24) is 4.90 Å². The van der Waals surface area contributed by atoms with Crippen LogP contribution in [0.15, 0.2) is 12.4 Å². The lowest BCUT2D eigenvalue weighted by Crippen LogP contribution is -2.01. The Morgan fingerprint density at radius 2 is 2.00 bits per heavy atom. The summed E-state index contributed by atoms with van der Waals surface area (Å²) in [6.07, 6.45) is 3.28. The molecule has 2 N–H and O–H groups in total. The van der Waals surface area contributed by atoms with Gasteiger partial charge in [-0.15, -0.1) is 0 Å². The number of nitrogens with zero attached hydrogens (tertiary/aromatic N) is 1. The summed E-state index contributed by atoms with van der Waals surface area (Å²) in [5.74, 6) is 0. The van der Waals surface area contributed by atoms with Gasteiger partial charge in [-0.25, -0.2) is 0 Å². The van der Waals surface area contributed by atoms with E-state index in [4.69, 9.17) is 5.73 Å². The zero-order valence-corrected chi connectivity index (χ0v) is 4.18. The highest BCUT2D eigenvalue weighted by atomic mass is 15.0. The number of hydrogen-bond donors (Lipinski definition) is 1. The molecule has 2 heteroatoms. The summed E-state index contributed by atoms with van der Waals surface area (Å²) in [7, 11) is 3.84. The van der Waals surface area contributed by atoms with Crippen LogP contribution in [0, 0.1) is 0 Å². The lowest BCUT2D eigenvalue weighted by atomic mass is 10.8. The Morgan fingerprint density at radius 1 is 1.50 bits per heavy atom. The highest BCUT2D eigenvalue weighted by molar-refractivity contribution is 4.70. The van der Waals surface area contributed by atoms with E-state index in [9.17, 15) is 0 Å². The smallest absolute Gasteiger partial charge is 0.0143 e. The second-order valence-corrected chi connectivity index (χ2v) is 1.31. The van der Waals surface area contributed by atoms with Gasteiger partial charge in [0.25, 0.3) is 0 Å². The van der Waals surface area contributed by atoms with Crippen LogP contribution in [0.4, 0.5) is 0 Å². The van der Waals surface area contributed by atoms with E-state index in [0.717, 1.165) is 0 Å². The fourth-order valence-electron chi connectivity index (χ4n) is 0.172. The first-order valence-electron chi connectivity index (χ1n) is 1.82. The molecule has 0 aromatic heterocycles. The van der Waals surface area contributed by atoms with Gasteiger partial charge in [0.15, 0.2) is 0 Å². The molecule has 0 aliphatic carbocycles. The van der Waals surface area contributed by atoms with E-state index in [1.54, 1.807) is 6.20 Å². The van der Waals surface area contributed by atoms with Crippen molar-refractivity contribution >= 4 is 0 Å². The number of rotatable bonds is 1. The normalized spacial score (nSPS) is 9.67. The average molecular weight is 86.1 g/mol. The van der Waals surface area contributed by atoms with E-state index in [2.05, 4.69) is 0 Å². The van der Waals surface area contributed by atoms with Gasteiger partial charge in [0.1, 0.15) is 0 Å². The molecular formula is C4H10N2. The molecule has 0 bridgehead atoms. The van der Waals surface area contributed by atoms with Crippen LogP contribution in [0.1, 0.15) is 0 Å². The highest BCUT2D eigenvalue weighted by Gasteiger charge is 1.66. The van der Waals surface area contributed by atoms with Crippen LogP contribution < -0.4 is 5.73 Å². The molecule has 0 rings (SSSR count). The van der Waals surface area contributed by atoms with E-state index in [-0.39, 0.29) is 0 Å². The van der Waals surface area contributed by atoms with Crippen LogP contribution in [-0.2, 0) is 0 Å². The van der Waals surface area contributed by atoms with Gasteiger partial charge in [-0.3, -0.25) is 0 Å². The molecule has 36 valence electrons. The van der Waals surface area contributed by atoms with Crippen LogP contribution in [0.3, 0.4) is 0 Å². The SMILES string of the molecule is CN(C)/C=C\N. The molecule has 0 fully saturated rings. The highest BCUT2D eigenvalue weighted by Crippen LogP contribution is 1.67. The maximum absolute atomic E-state index is 5.01. The summed E-state index contributed by atoms with van der Waals surface area (Å²) in [5, 5.41) is 0. The second kappa shape index (κ2) is 2.57. The first-order chi connectivity index (χ1) is 2.77. The summed E-state index contributed by atoms with van der Waals surface area (Å²) < 4.78 is 0. The molecule has 0 saturated heterocycles. The third kappa shape index (κ3) is 3.34. The predicted molar refractivity (Wildman–Crippen MR) is 27.0 cm³/mol. The minimum Gasteiger partial charge on any atom is -0.403 e. The lowest BCUT2D eigenvalue weighted by molar-refractivity contribution is 0.562. The molecule has 0 amide bonds.